The van der Waals surface area contributed by atoms with E-state index in [1.807, 2.05) is 30.0 Å². The predicted molar refractivity (Wildman–Crippen MR) is 96.9 cm³/mol. The molecule has 0 radical (unpaired) electrons. The Labute approximate surface area is 145 Å². The van der Waals surface area contributed by atoms with Gasteiger partial charge in [0.15, 0.2) is 0 Å². The lowest BCUT2D eigenvalue weighted by atomic mass is 9.94. The van der Waals surface area contributed by atoms with Crippen molar-refractivity contribution in [2.45, 2.75) is 58.0 Å². The number of ether oxygens (including phenoxy) is 2. The second kappa shape index (κ2) is 8.81. The van der Waals surface area contributed by atoms with Gasteiger partial charge in [-0.3, -0.25) is 4.79 Å². The Hall–Kier alpha value is -1.91. The van der Waals surface area contributed by atoms with Gasteiger partial charge in [0.1, 0.15) is 17.5 Å². The molecule has 1 unspecified atom stereocenters. The first-order chi connectivity index (χ1) is 11.6. The molecule has 0 heterocycles. The van der Waals surface area contributed by atoms with Crippen molar-refractivity contribution in [1.82, 2.24) is 4.90 Å². The van der Waals surface area contributed by atoms with E-state index in [1.54, 1.807) is 14.2 Å². The van der Waals surface area contributed by atoms with Crippen LogP contribution in [0.2, 0.25) is 0 Å². The monoisotopic (exact) mass is 334 g/mol. The second-order valence-corrected chi connectivity index (χ2v) is 6.35. The van der Waals surface area contributed by atoms with E-state index in [0.717, 1.165) is 30.8 Å². The van der Waals surface area contributed by atoms with Crippen molar-refractivity contribution in [2.24, 2.45) is 0 Å². The third-order valence-electron chi connectivity index (χ3n) is 4.79. The maximum Gasteiger partial charge on any atom is 0.245 e. The maximum absolute atomic E-state index is 12.9. The minimum Gasteiger partial charge on any atom is -0.497 e. The third kappa shape index (κ3) is 4.34. The van der Waals surface area contributed by atoms with E-state index in [4.69, 9.17) is 9.47 Å². The van der Waals surface area contributed by atoms with Crippen molar-refractivity contribution in [3.05, 3.63) is 18.2 Å². The zero-order chi connectivity index (χ0) is 17.5. The van der Waals surface area contributed by atoms with Crippen molar-refractivity contribution in [1.29, 1.82) is 0 Å². The Morgan fingerprint density at radius 3 is 2.54 bits per heavy atom. The number of nitrogens with one attached hydrogen (secondary N) is 1. The van der Waals surface area contributed by atoms with Crippen LogP contribution in [0.25, 0.3) is 0 Å². The van der Waals surface area contributed by atoms with Gasteiger partial charge < -0.3 is 19.7 Å². The smallest absolute Gasteiger partial charge is 0.245 e. The number of amides is 1. The third-order valence-corrected chi connectivity index (χ3v) is 4.79. The zero-order valence-electron chi connectivity index (χ0n) is 15.3. The summed E-state index contributed by atoms with van der Waals surface area (Å²) in [6.07, 6.45) is 5.99. The number of carbonyl (C=O) groups excluding carboxylic acids is 1. The molecule has 1 aromatic carbocycles. The molecule has 5 nitrogen and oxygen atoms in total. The Morgan fingerprint density at radius 2 is 1.96 bits per heavy atom. The Bertz CT molecular complexity index is 541. The van der Waals surface area contributed by atoms with Crippen molar-refractivity contribution >= 4 is 11.6 Å². The standard InChI is InChI=1S/C19H30N2O3/c1-5-21(15-9-7-6-8-10-15)19(22)14(2)20-17-12-11-16(23-3)13-18(17)24-4/h11-15,20H,5-10H2,1-4H3. The summed E-state index contributed by atoms with van der Waals surface area (Å²) in [5.74, 6) is 1.56. The van der Waals surface area contributed by atoms with Crippen molar-refractivity contribution in [3.8, 4) is 11.5 Å². The lowest BCUT2D eigenvalue weighted by Crippen LogP contribution is -2.47. The molecule has 1 N–H and O–H groups in total. The predicted octanol–water partition coefficient (Wildman–Crippen LogP) is 3.69. The lowest BCUT2D eigenvalue weighted by Gasteiger charge is -2.35. The molecule has 0 aliphatic heterocycles. The summed E-state index contributed by atoms with van der Waals surface area (Å²) in [7, 11) is 3.24. The quantitative estimate of drug-likeness (QED) is 0.826. The zero-order valence-corrected chi connectivity index (χ0v) is 15.3. The number of carbonyl (C=O) groups is 1. The minimum atomic E-state index is -0.297. The number of nitrogens with zero attached hydrogens (tertiary/aromatic N) is 1. The number of hydrogen-bond donors (Lipinski definition) is 1. The first-order valence-corrected chi connectivity index (χ1v) is 8.89. The van der Waals surface area contributed by atoms with Crippen LogP contribution in [0.1, 0.15) is 46.0 Å². The van der Waals surface area contributed by atoms with Crippen LogP contribution in [0.5, 0.6) is 11.5 Å². The fraction of sp³-hybridized carbons (Fsp3) is 0.632. The van der Waals surface area contributed by atoms with E-state index in [-0.39, 0.29) is 11.9 Å². The summed E-state index contributed by atoms with van der Waals surface area (Å²) in [5.41, 5.74) is 0.804. The number of anilines is 1. The van der Waals surface area contributed by atoms with Crippen LogP contribution in [-0.2, 0) is 4.79 Å². The molecule has 1 aliphatic rings. The Morgan fingerprint density at radius 1 is 1.25 bits per heavy atom. The van der Waals surface area contributed by atoms with Crippen molar-refractivity contribution < 1.29 is 14.3 Å². The molecule has 0 saturated heterocycles. The first kappa shape index (κ1) is 18.4. The molecule has 0 aromatic heterocycles. The van der Waals surface area contributed by atoms with Gasteiger partial charge in [-0.25, -0.2) is 0 Å². The van der Waals surface area contributed by atoms with Gasteiger partial charge in [0.25, 0.3) is 0 Å². The van der Waals surface area contributed by atoms with Crippen molar-refractivity contribution in [2.75, 3.05) is 26.1 Å². The van der Waals surface area contributed by atoms with E-state index < -0.39 is 0 Å². The molecule has 1 aromatic rings. The van der Waals surface area contributed by atoms with Crippen LogP contribution in [0.4, 0.5) is 5.69 Å². The average Bonchev–Trinajstić information content (AvgIpc) is 2.63. The SMILES string of the molecule is CCN(C(=O)C(C)Nc1ccc(OC)cc1OC)C1CCCCC1. The van der Waals surface area contributed by atoms with Gasteiger partial charge in [-0.1, -0.05) is 19.3 Å². The summed E-state index contributed by atoms with van der Waals surface area (Å²) in [4.78, 5) is 14.9. The van der Waals surface area contributed by atoms with Gasteiger partial charge in [0, 0.05) is 18.7 Å². The molecule has 5 heteroatoms. The van der Waals surface area contributed by atoms with Crippen LogP contribution in [-0.4, -0.2) is 43.7 Å². The molecule has 0 bridgehead atoms. The summed E-state index contributed by atoms with van der Waals surface area (Å²) in [6.45, 7) is 4.74. The van der Waals surface area contributed by atoms with Crippen LogP contribution in [0.3, 0.4) is 0 Å². The largest absolute Gasteiger partial charge is 0.497 e. The van der Waals surface area contributed by atoms with Gasteiger partial charge in [-0.15, -0.1) is 0 Å². The average molecular weight is 334 g/mol. The fourth-order valence-electron chi connectivity index (χ4n) is 3.45. The van der Waals surface area contributed by atoms with E-state index in [0.29, 0.717) is 11.8 Å². The summed E-state index contributed by atoms with van der Waals surface area (Å²) >= 11 is 0. The highest BCUT2D eigenvalue weighted by Gasteiger charge is 2.27. The number of likely N-dealkylation sites (N-methyl/N-ethyl adjacent to an activating group) is 1. The van der Waals surface area contributed by atoms with Crippen LogP contribution in [0, 0.1) is 0 Å². The van der Waals surface area contributed by atoms with Crippen LogP contribution in [0.15, 0.2) is 18.2 Å². The highest BCUT2D eigenvalue weighted by Crippen LogP contribution is 2.30. The highest BCUT2D eigenvalue weighted by atomic mass is 16.5. The normalized spacial score (nSPS) is 16.3. The van der Waals surface area contributed by atoms with E-state index in [1.165, 1.54) is 19.3 Å². The van der Waals surface area contributed by atoms with Gasteiger partial charge in [-0.2, -0.15) is 0 Å². The van der Waals surface area contributed by atoms with Gasteiger partial charge in [0.05, 0.1) is 19.9 Å². The summed E-state index contributed by atoms with van der Waals surface area (Å²) < 4.78 is 10.6. The molecule has 1 saturated carbocycles. The molecule has 2 rings (SSSR count). The topological polar surface area (TPSA) is 50.8 Å². The molecule has 0 spiro atoms. The number of hydrogen-bond acceptors (Lipinski definition) is 4. The van der Waals surface area contributed by atoms with Gasteiger partial charge in [-0.05, 0) is 38.8 Å². The van der Waals surface area contributed by atoms with E-state index in [2.05, 4.69) is 12.2 Å². The molecule has 1 aliphatic carbocycles. The van der Waals surface area contributed by atoms with E-state index >= 15 is 0 Å². The van der Waals surface area contributed by atoms with Crippen molar-refractivity contribution in [3.63, 3.8) is 0 Å². The number of rotatable bonds is 7. The molecular formula is C19H30N2O3. The Balaban J connectivity index is 2.07. The van der Waals surface area contributed by atoms with Gasteiger partial charge in [0.2, 0.25) is 5.91 Å². The van der Waals surface area contributed by atoms with Gasteiger partial charge >= 0.3 is 0 Å². The minimum absolute atomic E-state index is 0.155. The fourth-order valence-corrected chi connectivity index (χ4v) is 3.45. The van der Waals surface area contributed by atoms with Crippen LogP contribution < -0.4 is 14.8 Å². The van der Waals surface area contributed by atoms with E-state index in [9.17, 15) is 4.79 Å². The summed E-state index contributed by atoms with van der Waals surface area (Å²) in [5, 5.41) is 3.29. The number of methoxy groups -OCH3 is 2. The molecule has 1 fully saturated rings. The number of benzene rings is 1. The molecule has 134 valence electrons. The molecular weight excluding hydrogens is 304 g/mol. The molecule has 1 atom stereocenters. The Kier molecular flexibility index (Phi) is 6.76. The lowest BCUT2D eigenvalue weighted by molar-refractivity contribution is -0.134. The summed E-state index contributed by atoms with van der Waals surface area (Å²) in [6, 6.07) is 5.66. The first-order valence-electron chi connectivity index (χ1n) is 8.89. The molecule has 24 heavy (non-hydrogen) atoms. The van der Waals surface area contributed by atoms with Crippen LogP contribution >= 0.6 is 0 Å². The molecule has 1 amide bonds. The highest BCUT2D eigenvalue weighted by molar-refractivity contribution is 5.85. The second-order valence-electron chi connectivity index (χ2n) is 6.35. The maximum atomic E-state index is 12.9.